The number of nitrogen functional groups attached to an aromatic ring is 1. The van der Waals surface area contributed by atoms with Crippen LogP contribution in [0.25, 0.3) is 0 Å². The molecular weight excluding hydrogens is 238 g/mol. The lowest BCUT2D eigenvalue weighted by Crippen LogP contribution is -1.98. The fourth-order valence-electron chi connectivity index (χ4n) is 0.884. The van der Waals surface area contributed by atoms with E-state index in [1.165, 1.54) is 12.1 Å². The molecule has 1 rings (SSSR count). The maximum atomic E-state index is 10.5. The average Bonchev–Trinajstić information content (AvgIpc) is 2.04. The lowest BCUT2D eigenvalue weighted by Gasteiger charge is -2.02. The lowest BCUT2D eigenvalue weighted by molar-refractivity contribution is -0.385. The first-order chi connectivity index (χ1) is 6.07. The fourth-order valence-corrected chi connectivity index (χ4v) is 1.50. The molecule has 0 aliphatic heterocycles. The predicted molar refractivity (Wildman–Crippen MR) is 53.1 cm³/mol. The summed E-state index contributed by atoms with van der Waals surface area (Å²) in [7, 11) is 0. The molecule has 0 aromatic heterocycles. The van der Waals surface area contributed by atoms with Crippen LogP contribution in [0.2, 0.25) is 0 Å². The number of nitrogens with two attached hydrogens (primary N) is 1. The first-order valence-corrected chi connectivity index (χ1v) is 4.10. The summed E-state index contributed by atoms with van der Waals surface area (Å²) in [5.41, 5.74) is 6.08. The van der Waals surface area contributed by atoms with Gasteiger partial charge in [0.05, 0.1) is 4.92 Å². The molecule has 0 aliphatic rings. The number of rotatable bonds is 2. The van der Waals surface area contributed by atoms with Gasteiger partial charge < -0.3 is 11.1 Å². The van der Waals surface area contributed by atoms with Gasteiger partial charge in [-0.1, -0.05) is 0 Å². The third-order valence-electron chi connectivity index (χ3n) is 1.53. The van der Waals surface area contributed by atoms with E-state index in [-0.39, 0.29) is 10.2 Å². The normalized spacial score (nSPS) is 9.62. The van der Waals surface area contributed by atoms with Crippen molar-refractivity contribution in [2.24, 2.45) is 0 Å². The van der Waals surface area contributed by atoms with E-state index >= 15 is 0 Å². The number of nitrogens with zero attached hydrogens (tertiary/aromatic N) is 1. The van der Waals surface area contributed by atoms with E-state index in [1.807, 2.05) is 0 Å². The van der Waals surface area contributed by atoms with Gasteiger partial charge in [-0.2, -0.15) is 0 Å². The highest BCUT2D eigenvalue weighted by molar-refractivity contribution is 9.10. The van der Waals surface area contributed by atoms with E-state index < -0.39 is 4.92 Å². The van der Waals surface area contributed by atoms with Crippen molar-refractivity contribution in [3.63, 3.8) is 0 Å². The van der Waals surface area contributed by atoms with Crippen LogP contribution in [0.1, 0.15) is 5.56 Å². The molecule has 0 aliphatic carbocycles. The van der Waals surface area contributed by atoms with Crippen LogP contribution >= 0.6 is 15.9 Å². The molecule has 6 heteroatoms. The van der Waals surface area contributed by atoms with E-state index in [0.29, 0.717) is 11.3 Å². The van der Waals surface area contributed by atoms with Crippen LogP contribution in [-0.2, 0) is 0 Å². The SMILES string of the molecule is N=Cc1c(N)ccc([N+](=O)[O-])c1Br. The average molecular weight is 244 g/mol. The van der Waals surface area contributed by atoms with E-state index in [0.717, 1.165) is 6.21 Å². The van der Waals surface area contributed by atoms with Crippen LogP contribution in [0.15, 0.2) is 16.6 Å². The van der Waals surface area contributed by atoms with Crippen molar-refractivity contribution >= 4 is 33.5 Å². The standard InChI is InChI=1S/C7H6BrN3O2/c8-7-4(3-9)5(10)1-2-6(7)11(12)13/h1-3,9H,10H2. The molecular formula is C7H6BrN3O2. The number of nitro benzene ring substituents is 1. The molecule has 0 bridgehead atoms. The van der Waals surface area contributed by atoms with E-state index in [2.05, 4.69) is 15.9 Å². The van der Waals surface area contributed by atoms with Gasteiger partial charge in [-0.05, 0) is 22.0 Å². The molecule has 1 aromatic rings. The minimum absolute atomic E-state index is 0.0901. The largest absolute Gasteiger partial charge is 0.398 e. The molecule has 0 atom stereocenters. The molecule has 5 nitrogen and oxygen atoms in total. The first kappa shape index (κ1) is 9.66. The maximum Gasteiger partial charge on any atom is 0.284 e. The summed E-state index contributed by atoms with van der Waals surface area (Å²) in [4.78, 5) is 9.93. The topological polar surface area (TPSA) is 93.0 Å². The predicted octanol–water partition coefficient (Wildman–Crippen LogP) is 1.94. The van der Waals surface area contributed by atoms with Crippen molar-refractivity contribution < 1.29 is 4.92 Å². The molecule has 0 amide bonds. The van der Waals surface area contributed by atoms with Crippen LogP contribution in [0, 0.1) is 15.5 Å². The van der Waals surface area contributed by atoms with Crippen molar-refractivity contribution in [2.45, 2.75) is 0 Å². The Balaban J connectivity index is 3.44. The van der Waals surface area contributed by atoms with Crippen LogP contribution in [0.5, 0.6) is 0 Å². The van der Waals surface area contributed by atoms with Gasteiger partial charge in [-0.3, -0.25) is 10.1 Å². The molecule has 68 valence electrons. The van der Waals surface area contributed by atoms with Crippen LogP contribution in [0.3, 0.4) is 0 Å². The molecule has 0 unspecified atom stereocenters. The Morgan fingerprint density at radius 3 is 2.69 bits per heavy atom. The second-order valence-corrected chi connectivity index (χ2v) is 3.10. The van der Waals surface area contributed by atoms with Crippen molar-refractivity contribution in [1.29, 1.82) is 5.41 Å². The van der Waals surface area contributed by atoms with Crippen molar-refractivity contribution in [1.82, 2.24) is 0 Å². The van der Waals surface area contributed by atoms with Crippen molar-refractivity contribution in [2.75, 3.05) is 5.73 Å². The number of hydrogen-bond donors (Lipinski definition) is 2. The first-order valence-electron chi connectivity index (χ1n) is 3.30. The van der Waals surface area contributed by atoms with E-state index in [4.69, 9.17) is 11.1 Å². The van der Waals surface area contributed by atoms with E-state index in [9.17, 15) is 10.1 Å². The molecule has 0 spiro atoms. The number of halogens is 1. The zero-order chi connectivity index (χ0) is 10.0. The number of benzene rings is 1. The quantitative estimate of drug-likeness (QED) is 0.360. The highest BCUT2D eigenvalue weighted by atomic mass is 79.9. The van der Waals surface area contributed by atoms with Gasteiger partial charge >= 0.3 is 0 Å². The second-order valence-electron chi connectivity index (χ2n) is 2.30. The summed E-state index contributed by atoms with van der Waals surface area (Å²) in [5, 5.41) is 17.5. The third-order valence-corrected chi connectivity index (χ3v) is 2.37. The molecule has 3 N–H and O–H groups in total. The highest BCUT2D eigenvalue weighted by Gasteiger charge is 2.15. The lowest BCUT2D eigenvalue weighted by atomic mass is 10.2. The molecule has 0 saturated heterocycles. The van der Waals surface area contributed by atoms with Crippen LogP contribution in [0.4, 0.5) is 11.4 Å². The van der Waals surface area contributed by atoms with Gasteiger partial charge in [0, 0.05) is 23.5 Å². The van der Waals surface area contributed by atoms with Crippen LogP contribution < -0.4 is 5.73 Å². The summed E-state index contributed by atoms with van der Waals surface area (Å²) in [6.07, 6.45) is 0.979. The summed E-state index contributed by atoms with van der Waals surface area (Å²) < 4.78 is 0.243. The monoisotopic (exact) mass is 243 g/mol. The Morgan fingerprint density at radius 2 is 2.23 bits per heavy atom. The minimum atomic E-state index is -0.531. The van der Waals surface area contributed by atoms with Gasteiger partial charge in [0.15, 0.2) is 0 Å². The number of hydrogen-bond acceptors (Lipinski definition) is 4. The summed E-state index contributed by atoms with van der Waals surface area (Å²) in [5.74, 6) is 0. The zero-order valence-electron chi connectivity index (χ0n) is 6.45. The van der Waals surface area contributed by atoms with Crippen molar-refractivity contribution in [3.05, 3.63) is 32.3 Å². The summed E-state index contributed by atoms with van der Waals surface area (Å²) in [6.45, 7) is 0. The second kappa shape index (κ2) is 3.53. The molecule has 0 fully saturated rings. The molecule has 13 heavy (non-hydrogen) atoms. The molecule has 0 saturated carbocycles. The molecule has 1 aromatic carbocycles. The van der Waals surface area contributed by atoms with Gasteiger partial charge in [-0.15, -0.1) is 0 Å². The highest BCUT2D eigenvalue weighted by Crippen LogP contribution is 2.30. The molecule has 0 radical (unpaired) electrons. The smallest absolute Gasteiger partial charge is 0.284 e. The zero-order valence-corrected chi connectivity index (χ0v) is 8.04. The minimum Gasteiger partial charge on any atom is -0.398 e. The number of nitrogens with one attached hydrogen (secondary N) is 1. The Morgan fingerprint density at radius 1 is 1.62 bits per heavy atom. The maximum absolute atomic E-state index is 10.5. The fraction of sp³-hybridized carbons (Fsp3) is 0. The van der Waals surface area contributed by atoms with E-state index in [1.54, 1.807) is 0 Å². The Hall–Kier alpha value is -1.43. The Bertz CT molecular complexity index is 378. The number of nitro groups is 1. The van der Waals surface area contributed by atoms with Crippen LogP contribution in [-0.4, -0.2) is 11.1 Å². The summed E-state index contributed by atoms with van der Waals surface area (Å²) >= 11 is 3.02. The third kappa shape index (κ3) is 1.67. The molecule has 0 heterocycles. The van der Waals surface area contributed by atoms with Gasteiger partial charge in [0.1, 0.15) is 4.47 Å². The van der Waals surface area contributed by atoms with Gasteiger partial charge in [0.2, 0.25) is 0 Å². The van der Waals surface area contributed by atoms with Crippen molar-refractivity contribution in [3.8, 4) is 0 Å². The summed E-state index contributed by atoms with van der Waals surface area (Å²) in [6, 6.07) is 2.70. The van der Waals surface area contributed by atoms with Gasteiger partial charge in [0.25, 0.3) is 5.69 Å². The Labute approximate surface area is 82.3 Å². The van der Waals surface area contributed by atoms with Gasteiger partial charge in [-0.25, -0.2) is 0 Å². The number of anilines is 1. The Kier molecular flexibility index (Phi) is 2.62.